The average molecular weight is 340 g/mol. The molecule has 23 heavy (non-hydrogen) atoms. The van der Waals surface area contributed by atoms with E-state index in [0.29, 0.717) is 10.6 Å². The van der Waals surface area contributed by atoms with Gasteiger partial charge in [0.15, 0.2) is 6.04 Å². The van der Waals surface area contributed by atoms with E-state index in [9.17, 15) is 14.7 Å². The van der Waals surface area contributed by atoms with E-state index in [2.05, 4.69) is 0 Å². The lowest BCUT2D eigenvalue weighted by Gasteiger charge is -2.43. The fraction of sp³-hybridized carbons (Fsp3) is 0.529. The van der Waals surface area contributed by atoms with E-state index >= 15 is 0 Å². The van der Waals surface area contributed by atoms with Gasteiger partial charge in [-0.25, -0.2) is 9.59 Å². The van der Waals surface area contributed by atoms with Gasteiger partial charge in [-0.2, -0.15) is 0 Å². The van der Waals surface area contributed by atoms with Crippen LogP contribution in [0.4, 0.5) is 4.79 Å². The van der Waals surface area contributed by atoms with Crippen LogP contribution in [-0.4, -0.2) is 34.2 Å². The zero-order chi connectivity index (χ0) is 17.6. The van der Waals surface area contributed by atoms with Gasteiger partial charge in [-0.1, -0.05) is 31.5 Å². The predicted octanol–water partition coefficient (Wildman–Crippen LogP) is 3.99. The highest BCUT2D eigenvalue weighted by atomic mass is 35.5. The smallest absolute Gasteiger partial charge is 0.411 e. The summed E-state index contributed by atoms with van der Waals surface area (Å²) in [6, 6.07) is 4.09. The second-order valence-corrected chi connectivity index (χ2v) is 7.90. The van der Waals surface area contributed by atoms with E-state index in [1.807, 2.05) is 19.9 Å². The zero-order valence-electron chi connectivity index (χ0n) is 14.0. The topological polar surface area (TPSA) is 66.8 Å². The number of carbonyl (C=O) groups excluding carboxylic acids is 1. The van der Waals surface area contributed by atoms with Gasteiger partial charge in [-0.3, -0.25) is 4.90 Å². The van der Waals surface area contributed by atoms with E-state index in [-0.39, 0.29) is 6.54 Å². The Hall–Kier alpha value is -1.75. The molecule has 2 rings (SSSR count). The molecule has 1 unspecified atom stereocenters. The quantitative estimate of drug-likeness (QED) is 0.840. The van der Waals surface area contributed by atoms with Crippen LogP contribution in [0.5, 0.6) is 0 Å². The van der Waals surface area contributed by atoms with Crippen LogP contribution >= 0.6 is 11.6 Å². The van der Waals surface area contributed by atoms with Crippen LogP contribution in [0, 0.1) is 0 Å². The van der Waals surface area contributed by atoms with Gasteiger partial charge in [0.25, 0.3) is 0 Å². The average Bonchev–Trinajstić information content (AvgIpc) is 2.34. The first-order valence-corrected chi connectivity index (χ1v) is 7.82. The van der Waals surface area contributed by atoms with E-state index in [1.54, 1.807) is 32.9 Å². The Morgan fingerprint density at radius 1 is 1.35 bits per heavy atom. The van der Waals surface area contributed by atoms with Gasteiger partial charge in [-0.05, 0) is 44.0 Å². The lowest BCUT2D eigenvalue weighted by atomic mass is 9.76. The number of carboxylic acid groups (broad SMARTS) is 1. The van der Waals surface area contributed by atoms with Crippen molar-refractivity contribution in [1.82, 2.24) is 4.90 Å². The molecule has 1 aromatic carbocycles. The molecular formula is C17H22ClNO4. The normalized spacial score (nSPS) is 19.9. The molecule has 0 bridgehead atoms. The van der Waals surface area contributed by atoms with Crippen molar-refractivity contribution in [3.05, 3.63) is 34.3 Å². The Kier molecular flexibility index (Phi) is 4.37. The summed E-state index contributed by atoms with van der Waals surface area (Å²) in [5.41, 5.74) is 0.322. The molecule has 1 aliphatic heterocycles. The molecule has 0 fully saturated rings. The summed E-state index contributed by atoms with van der Waals surface area (Å²) in [6.45, 7) is 9.44. The molecule has 1 N–H and O–H groups in total. The maximum atomic E-state index is 12.5. The number of ether oxygens (including phenoxy) is 1. The predicted molar refractivity (Wildman–Crippen MR) is 87.8 cm³/mol. The number of hydrogen-bond acceptors (Lipinski definition) is 3. The van der Waals surface area contributed by atoms with Crippen LogP contribution in [0.15, 0.2) is 18.2 Å². The molecule has 0 aliphatic carbocycles. The van der Waals surface area contributed by atoms with E-state index in [0.717, 1.165) is 5.56 Å². The van der Waals surface area contributed by atoms with Gasteiger partial charge < -0.3 is 9.84 Å². The Morgan fingerprint density at radius 3 is 2.48 bits per heavy atom. The second kappa shape index (κ2) is 5.71. The summed E-state index contributed by atoms with van der Waals surface area (Å²) >= 11 is 6.05. The molecule has 1 aliphatic rings. The fourth-order valence-electron chi connectivity index (χ4n) is 2.90. The number of hydrogen-bond donors (Lipinski definition) is 1. The monoisotopic (exact) mass is 339 g/mol. The van der Waals surface area contributed by atoms with E-state index in [1.165, 1.54) is 4.90 Å². The maximum absolute atomic E-state index is 12.5. The molecular weight excluding hydrogens is 318 g/mol. The number of nitrogens with zero attached hydrogens (tertiary/aromatic N) is 1. The highest BCUT2D eigenvalue weighted by Crippen LogP contribution is 2.41. The van der Waals surface area contributed by atoms with Crippen LogP contribution in [0.3, 0.4) is 0 Å². The SMILES string of the molecule is CC(C)(C)OC(=O)N1CC(C)(C)c2ccc(Cl)cc2C1C(=O)O. The summed E-state index contributed by atoms with van der Waals surface area (Å²) in [6.07, 6.45) is -0.636. The molecule has 0 saturated carbocycles. The maximum Gasteiger partial charge on any atom is 0.411 e. The first-order chi connectivity index (χ1) is 10.4. The molecule has 1 amide bonds. The summed E-state index contributed by atoms with van der Waals surface area (Å²) in [5, 5.41) is 10.1. The standard InChI is InChI=1S/C17H22ClNO4/c1-16(2,3)23-15(22)19-9-17(4,5)12-7-6-10(18)8-11(12)13(19)14(20)21/h6-8,13H,9H2,1-5H3,(H,20,21). The minimum Gasteiger partial charge on any atom is -0.479 e. The van der Waals surface area contributed by atoms with E-state index < -0.39 is 29.1 Å². The van der Waals surface area contributed by atoms with Gasteiger partial charge in [0.1, 0.15) is 5.60 Å². The summed E-state index contributed by atoms with van der Waals surface area (Å²) in [7, 11) is 0. The van der Waals surface area contributed by atoms with Gasteiger partial charge in [0.05, 0.1) is 0 Å². The molecule has 0 saturated heterocycles. The number of amides is 1. The molecule has 126 valence electrons. The van der Waals surface area contributed by atoms with Gasteiger partial charge in [0.2, 0.25) is 0 Å². The molecule has 5 nitrogen and oxygen atoms in total. The van der Waals surface area contributed by atoms with Crippen molar-refractivity contribution in [2.24, 2.45) is 0 Å². The number of carboxylic acids is 1. The first-order valence-electron chi connectivity index (χ1n) is 7.45. The van der Waals surface area contributed by atoms with Crippen LogP contribution in [0.2, 0.25) is 5.02 Å². The number of rotatable bonds is 1. The third kappa shape index (κ3) is 3.61. The number of halogens is 1. The number of benzene rings is 1. The number of fused-ring (bicyclic) bond motifs is 1. The molecule has 0 aromatic heterocycles. The Labute approximate surface area is 141 Å². The van der Waals surface area contributed by atoms with Crippen molar-refractivity contribution in [2.75, 3.05) is 6.54 Å². The first kappa shape index (κ1) is 17.6. The number of carbonyl (C=O) groups is 2. The van der Waals surface area contributed by atoms with E-state index in [4.69, 9.17) is 16.3 Å². The molecule has 0 spiro atoms. The van der Waals surface area contributed by atoms with Crippen molar-refractivity contribution >= 4 is 23.7 Å². The van der Waals surface area contributed by atoms with Crippen LogP contribution < -0.4 is 0 Å². The van der Waals surface area contributed by atoms with Gasteiger partial charge in [-0.15, -0.1) is 0 Å². The van der Waals surface area contributed by atoms with Crippen molar-refractivity contribution in [3.63, 3.8) is 0 Å². The van der Waals surface area contributed by atoms with Crippen LogP contribution in [0.25, 0.3) is 0 Å². The highest BCUT2D eigenvalue weighted by Gasteiger charge is 2.44. The summed E-state index contributed by atoms with van der Waals surface area (Å²) in [5.74, 6) is -1.10. The molecule has 6 heteroatoms. The minimum atomic E-state index is -1.11. The lowest BCUT2D eigenvalue weighted by Crippen LogP contribution is -2.51. The van der Waals surface area contributed by atoms with Crippen molar-refractivity contribution in [1.29, 1.82) is 0 Å². The van der Waals surface area contributed by atoms with Crippen molar-refractivity contribution < 1.29 is 19.4 Å². The Morgan fingerprint density at radius 2 is 1.96 bits per heavy atom. The zero-order valence-corrected chi connectivity index (χ0v) is 14.8. The highest BCUT2D eigenvalue weighted by molar-refractivity contribution is 6.30. The molecule has 1 atom stereocenters. The minimum absolute atomic E-state index is 0.257. The van der Waals surface area contributed by atoms with Crippen LogP contribution in [-0.2, 0) is 14.9 Å². The number of aliphatic carboxylic acids is 1. The third-order valence-corrected chi connectivity index (χ3v) is 4.01. The van der Waals surface area contributed by atoms with Crippen LogP contribution in [0.1, 0.15) is 51.8 Å². The fourth-order valence-corrected chi connectivity index (χ4v) is 3.08. The Bertz CT molecular complexity index is 648. The molecule has 1 aromatic rings. The molecule has 1 heterocycles. The lowest BCUT2D eigenvalue weighted by molar-refractivity contribution is -0.144. The van der Waals surface area contributed by atoms with Gasteiger partial charge >= 0.3 is 12.1 Å². The molecule has 0 radical (unpaired) electrons. The van der Waals surface area contributed by atoms with Gasteiger partial charge in [0, 0.05) is 17.0 Å². The summed E-state index contributed by atoms with van der Waals surface area (Å²) < 4.78 is 5.39. The van der Waals surface area contributed by atoms with Crippen molar-refractivity contribution in [2.45, 2.75) is 51.7 Å². The summed E-state index contributed by atoms with van der Waals surface area (Å²) in [4.78, 5) is 25.6. The third-order valence-electron chi connectivity index (χ3n) is 3.78. The second-order valence-electron chi connectivity index (χ2n) is 7.46. The Balaban J connectivity index is 2.53. The largest absolute Gasteiger partial charge is 0.479 e. The van der Waals surface area contributed by atoms with Crippen molar-refractivity contribution in [3.8, 4) is 0 Å².